The van der Waals surface area contributed by atoms with Crippen molar-refractivity contribution >= 4 is 40.1 Å². The van der Waals surface area contributed by atoms with Gasteiger partial charge in [0.1, 0.15) is 5.15 Å². The van der Waals surface area contributed by atoms with Gasteiger partial charge in [0.15, 0.2) is 0 Å². The van der Waals surface area contributed by atoms with Crippen molar-refractivity contribution in [2.45, 2.75) is 19.5 Å². The maximum atomic E-state index is 13.1. The van der Waals surface area contributed by atoms with Crippen LogP contribution in [0, 0.1) is 6.92 Å². The summed E-state index contributed by atoms with van der Waals surface area (Å²) in [6.07, 6.45) is -1.57. The predicted octanol–water partition coefficient (Wildman–Crippen LogP) is 5.50. The number of hydrogen-bond donors (Lipinski definition) is 1. The molecule has 0 aliphatic carbocycles. The molecule has 0 spiro atoms. The van der Waals surface area contributed by atoms with E-state index in [-0.39, 0.29) is 22.2 Å². The summed E-state index contributed by atoms with van der Waals surface area (Å²) in [4.78, 5) is 15.1. The van der Waals surface area contributed by atoms with Crippen molar-refractivity contribution in [1.82, 2.24) is 9.55 Å². The van der Waals surface area contributed by atoms with Gasteiger partial charge in [-0.1, -0.05) is 23.2 Å². The van der Waals surface area contributed by atoms with Gasteiger partial charge in [-0.2, -0.15) is 13.2 Å². The lowest BCUT2D eigenvalue weighted by atomic mass is 9.99. The third-order valence-corrected chi connectivity index (χ3v) is 5.11. The van der Waals surface area contributed by atoms with Gasteiger partial charge in [0.25, 0.3) is 0 Å². The minimum Gasteiger partial charge on any atom is -0.478 e. The number of carboxylic acids is 1. The fourth-order valence-electron chi connectivity index (χ4n) is 3.13. The monoisotopic (exact) mass is 416 g/mol. The van der Waals surface area contributed by atoms with Crippen LogP contribution >= 0.6 is 23.2 Å². The lowest BCUT2D eigenvalue weighted by molar-refractivity contribution is -0.137. The molecule has 1 aromatic carbocycles. The number of alkyl halides is 3. The van der Waals surface area contributed by atoms with Crippen LogP contribution in [0.15, 0.2) is 24.5 Å². The van der Waals surface area contributed by atoms with E-state index in [0.29, 0.717) is 27.6 Å². The van der Waals surface area contributed by atoms with Crippen LogP contribution in [0.5, 0.6) is 0 Å². The van der Waals surface area contributed by atoms with E-state index in [9.17, 15) is 23.1 Å². The summed E-state index contributed by atoms with van der Waals surface area (Å²) in [6.45, 7) is 1.59. The Balaban J connectivity index is 2.18. The van der Waals surface area contributed by atoms with Crippen molar-refractivity contribution < 1.29 is 23.1 Å². The van der Waals surface area contributed by atoms with Crippen LogP contribution in [0.3, 0.4) is 0 Å². The molecule has 9 heteroatoms. The van der Waals surface area contributed by atoms with E-state index < -0.39 is 17.7 Å². The Morgan fingerprint density at radius 3 is 2.56 bits per heavy atom. The molecule has 0 aliphatic heterocycles. The molecule has 4 nitrogen and oxygen atoms in total. The number of carboxylic acid groups (broad SMARTS) is 1. The third kappa shape index (κ3) is 3.49. The van der Waals surface area contributed by atoms with E-state index in [0.717, 1.165) is 18.3 Å². The second kappa shape index (κ2) is 6.73. The molecule has 142 valence electrons. The maximum absolute atomic E-state index is 13.1. The van der Waals surface area contributed by atoms with Crippen LogP contribution < -0.4 is 0 Å². The SMILES string of the molecule is Cc1cc(C(F)(F)F)cc2c1c(Cc1c(Cl)ncc(C(=O)O)c1Cl)cn2C. The second-order valence-electron chi connectivity index (χ2n) is 6.19. The summed E-state index contributed by atoms with van der Waals surface area (Å²) in [5.74, 6) is -1.24. The molecule has 0 amide bonds. The predicted molar refractivity (Wildman–Crippen MR) is 96.7 cm³/mol. The number of hydrogen-bond acceptors (Lipinski definition) is 2. The quantitative estimate of drug-likeness (QED) is 0.573. The number of aromatic nitrogens is 2. The molecule has 0 aliphatic rings. The Morgan fingerprint density at radius 1 is 1.30 bits per heavy atom. The zero-order valence-electron chi connectivity index (χ0n) is 14.2. The van der Waals surface area contributed by atoms with Gasteiger partial charge in [-0.15, -0.1) is 0 Å². The van der Waals surface area contributed by atoms with Gasteiger partial charge in [-0.3, -0.25) is 0 Å². The lowest BCUT2D eigenvalue weighted by Crippen LogP contribution is -2.06. The van der Waals surface area contributed by atoms with Crippen molar-refractivity contribution in [1.29, 1.82) is 0 Å². The van der Waals surface area contributed by atoms with Crippen LogP contribution in [-0.4, -0.2) is 20.6 Å². The van der Waals surface area contributed by atoms with Crippen LogP contribution in [0.25, 0.3) is 10.9 Å². The third-order valence-electron chi connectivity index (χ3n) is 4.35. The highest BCUT2D eigenvalue weighted by molar-refractivity contribution is 6.37. The van der Waals surface area contributed by atoms with E-state index in [1.54, 1.807) is 24.7 Å². The van der Waals surface area contributed by atoms with Crippen LogP contribution in [0.4, 0.5) is 13.2 Å². The molecule has 3 aromatic rings. The van der Waals surface area contributed by atoms with Crippen molar-refractivity contribution in [2.24, 2.45) is 7.05 Å². The maximum Gasteiger partial charge on any atom is 0.416 e. The minimum atomic E-state index is -4.45. The van der Waals surface area contributed by atoms with Crippen molar-refractivity contribution in [3.63, 3.8) is 0 Å². The van der Waals surface area contributed by atoms with Crippen LogP contribution in [0.1, 0.15) is 32.6 Å². The van der Waals surface area contributed by atoms with Gasteiger partial charge in [-0.05, 0) is 30.2 Å². The lowest BCUT2D eigenvalue weighted by Gasteiger charge is -2.11. The average Bonchev–Trinajstić information content (AvgIpc) is 2.87. The number of carbonyl (C=O) groups is 1. The van der Waals surface area contributed by atoms with Crippen LogP contribution in [-0.2, 0) is 19.6 Å². The molecule has 0 atom stereocenters. The van der Waals surface area contributed by atoms with Crippen molar-refractivity contribution in [3.8, 4) is 0 Å². The first-order valence-corrected chi connectivity index (χ1v) is 8.48. The number of halogens is 5. The molecule has 0 bridgehead atoms. The summed E-state index contributed by atoms with van der Waals surface area (Å²) in [5.41, 5.74) is 0.923. The number of aryl methyl sites for hydroxylation is 2. The fraction of sp³-hybridized carbons (Fsp3) is 0.222. The first-order chi connectivity index (χ1) is 12.5. The highest BCUT2D eigenvalue weighted by atomic mass is 35.5. The Hall–Kier alpha value is -2.25. The molecule has 0 radical (unpaired) electrons. The summed E-state index contributed by atoms with van der Waals surface area (Å²) in [5, 5.41) is 9.84. The van der Waals surface area contributed by atoms with Gasteiger partial charge in [0, 0.05) is 42.3 Å². The topological polar surface area (TPSA) is 55.1 Å². The van der Waals surface area contributed by atoms with E-state index in [1.165, 1.54) is 0 Å². The summed E-state index contributed by atoms with van der Waals surface area (Å²) < 4.78 is 40.9. The van der Waals surface area contributed by atoms with Gasteiger partial charge in [-0.25, -0.2) is 9.78 Å². The molecule has 0 fully saturated rings. The number of pyridine rings is 1. The van der Waals surface area contributed by atoms with Gasteiger partial charge in [0.2, 0.25) is 0 Å². The Labute approximate surface area is 162 Å². The second-order valence-corrected chi connectivity index (χ2v) is 6.92. The van der Waals surface area contributed by atoms with Gasteiger partial charge >= 0.3 is 12.1 Å². The molecule has 1 N–H and O–H groups in total. The van der Waals surface area contributed by atoms with Gasteiger partial charge in [0.05, 0.1) is 16.1 Å². The standard InChI is InChI=1S/C18H13Cl2F3N2O2/c1-8-3-10(18(21,22)23)5-13-14(8)9(7-25(13)2)4-11-15(19)12(17(26)27)6-24-16(11)20/h3,5-7H,4H2,1-2H3,(H,26,27). The summed E-state index contributed by atoms with van der Waals surface area (Å²) >= 11 is 12.3. The number of fused-ring (bicyclic) bond motifs is 1. The average molecular weight is 417 g/mol. The molecule has 0 saturated carbocycles. The van der Waals surface area contributed by atoms with Crippen molar-refractivity contribution in [2.75, 3.05) is 0 Å². The van der Waals surface area contributed by atoms with E-state index in [2.05, 4.69) is 4.98 Å². The molecular formula is C18H13Cl2F3N2O2. The fourth-order valence-corrected chi connectivity index (χ4v) is 3.67. The molecule has 3 rings (SSSR count). The Bertz CT molecular complexity index is 1070. The highest BCUT2D eigenvalue weighted by Crippen LogP contribution is 2.36. The van der Waals surface area contributed by atoms with Crippen molar-refractivity contribution in [3.05, 3.63) is 62.5 Å². The normalized spacial score (nSPS) is 12.0. The Morgan fingerprint density at radius 2 is 1.96 bits per heavy atom. The molecule has 0 saturated heterocycles. The minimum absolute atomic E-state index is 0.0379. The summed E-state index contributed by atoms with van der Waals surface area (Å²) in [6, 6.07) is 2.17. The molecular weight excluding hydrogens is 404 g/mol. The molecule has 27 heavy (non-hydrogen) atoms. The number of nitrogens with zero attached hydrogens (tertiary/aromatic N) is 2. The zero-order chi connectivity index (χ0) is 20.1. The number of benzene rings is 1. The number of rotatable bonds is 3. The van der Waals surface area contributed by atoms with Gasteiger partial charge < -0.3 is 9.67 Å². The first kappa shape index (κ1) is 19.5. The van der Waals surface area contributed by atoms with Crippen LogP contribution in [0.2, 0.25) is 10.2 Å². The zero-order valence-corrected chi connectivity index (χ0v) is 15.7. The molecule has 0 unspecified atom stereocenters. The highest BCUT2D eigenvalue weighted by Gasteiger charge is 2.32. The first-order valence-electron chi connectivity index (χ1n) is 7.72. The Kier molecular flexibility index (Phi) is 4.86. The number of aromatic carboxylic acids is 1. The molecule has 2 aromatic heterocycles. The van der Waals surface area contributed by atoms with E-state index >= 15 is 0 Å². The largest absolute Gasteiger partial charge is 0.478 e. The van der Waals surface area contributed by atoms with E-state index in [4.69, 9.17) is 23.2 Å². The van der Waals surface area contributed by atoms with E-state index in [1.807, 2.05) is 0 Å². The summed E-state index contributed by atoms with van der Waals surface area (Å²) in [7, 11) is 1.64. The molecule has 2 heterocycles. The smallest absolute Gasteiger partial charge is 0.416 e.